The van der Waals surface area contributed by atoms with Crippen LogP contribution in [0.4, 0.5) is 39.0 Å². The van der Waals surface area contributed by atoms with Crippen LogP contribution in [0.25, 0.3) is 11.1 Å². The van der Waals surface area contributed by atoms with Gasteiger partial charge < -0.3 is 29.2 Å². The molecule has 15 heteroatoms. The molecule has 1 aliphatic carbocycles. The van der Waals surface area contributed by atoms with Gasteiger partial charge in [0.15, 0.2) is 23.1 Å². The van der Waals surface area contributed by atoms with Gasteiger partial charge in [-0.3, -0.25) is 9.59 Å². The maximum atomic E-state index is 15.5. The Kier molecular flexibility index (Phi) is 9.12. The van der Waals surface area contributed by atoms with Gasteiger partial charge in [-0.05, 0) is 66.9 Å². The van der Waals surface area contributed by atoms with Crippen molar-refractivity contribution in [3.63, 3.8) is 0 Å². The average molecular weight is 645 g/mol. The number of nitrogens with one attached hydrogen (secondary N) is 1. The molecule has 2 amide bonds. The fraction of sp³-hybridized carbons (Fsp3) is 0.290. The summed E-state index contributed by atoms with van der Waals surface area (Å²) in [5.41, 5.74) is -0.992. The molecule has 46 heavy (non-hydrogen) atoms. The predicted octanol–water partition coefficient (Wildman–Crippen LogP) is 5.58. The largest absolute Gasteiger partial charge is 0.493 e. The summed E-state index contributed by atoms with van der Waals surface area (Å²) < 4.78 is 82.8. The lowest BCUT2D eigenvalue weighted by Gasteiger charge is -2.31. The number of H-pyrrole nitrogens is 1. The van der Waals surface area contributed by atoms with Gasteiger partial charge in [-0.1, -0.05) is 0 Å². The van der Waals surface area contributed by atoms with E-state index in [-0.39, 0.29) is 53.2 Å². The molecule has 1 fully saturated rings. The lowest BCUT2D eigenvalue weighted by atomic mass is 9.97. The quantitative estimate of drug-likeness (QED) is 0.159. The highest BCUT2D eigenvalue weighted by Gasteiger charge is 2.36. The molecule has 5 rings (SSSR count). The molecule has 1 N–H and O–H groups in total. The van der Waals surface area contributed by atoms with Crippen LogP contribution in [0.1, 0.15) is 24.2 Å². The Morgan fingerprint density at radius 3 is 2.39 bits per heavy atom. The second-order valence-corrected chi connectivity index (χ2v) is 10.6. The minimum absolute atomic E-state index is 0.0187. The second-order valence-electron chi connectivity index (χ2n) is 10.6. The number of rotatable bonds is 12. The van der Waals surface area contributed by atoms with E-state index >= 15 is 4.39 Å². The monoisotopic (exact) mass is 644 g/mol. The highest BCUT2D eigenvalue weighted by atomic mass is 19.4. The summed E-state index contributed by atoms with van der Waals surface area (Å²) in [5, 5.41) is 7.38. The standard InChI is InChI=1S/C31H29F5N6O4/c1-40(14-28(44)42(22-8-9-22)21-6-4-20(32)5-7-21)25-13-19(31(34,35)36)12-23(29(25)41(2)17-43)18-10-24(33)30(26(11-18)45-3)46-15-27-37-16-38-39-27/h4-7,10-13,16-17,22H,8-9,14-15H2,1-3H3,(H,37,38,39). The van der Waals surface area contributed by atoms with Gasteiger partial charge in [0.05, 0.1) is 30.6 Å². The van der Waals surface area contributed by atoms with E-state index in [1.165, 1.54) is 67.7 Å². The number of halogens is 5. The van der Waals surface area contributed by atoms with Gasteiger partial charge in [0.2, 0.25) is 12.3 Å². The number of benzene rings is 3. The van der Waals surface area contributed by atoms with Crippen molar-refractivity contribution >= 4 is 29.4 Å². The summed E-state index contributed by atoms with van der Waals surface area (Å²) in [6, 6.07) is 9.09. The Morgan fingerprint density at radius 2 is 1.80 bits per heavy atom. The van der Waals surface area contributed by atoms with Crippen molar-refractivity contribution in [2.24, 2.45) is 0 Å². The van der Waals surface area contributed by atoms with Crippen LogP contribution in [0.5, 0.6) is 11.5 Å². The zero-order valence-corrected chi connectivity index (χ0v) is 24.9. The second kappa shape index (κ2) is 13.0. The molecule has 0 unspecified atom stereocenters. The van der Waals surface area contributed by atoms with Crippen molar-refractivity contribution in [2.45, 2.75) is 31.7 Å². The molecule has 0 saturated heterocycles. The number of aromatic amines is 1. The number of aromatic nitrogens is 3. The molecule has 242 valence electrons. The molecule has 3 aromatic carbocycles. The highest BCUT2D eigenvalue weighted by Crippen LogP contribution is 2.46. The maximum Gasteiger partial charge on any atom is 0.416 e. The van der Waals surface area contributed by atoms with Crippen LogP contribution >= 0.6 is 0 Å². The number of amides is 2. The third kappa shape index (κ3) is 6.87. The first-order valence-corrected chi connectivity index (χ1v) is 14.0. The van der Waals surface area contributed by atoms with Crippen LogP contribution in [0, 0.1) is 11.6 Å². The zero-order valence-electron chi connectivity index (χ0n) is 24.9. The summed E-state index contributed by atoms with van der Waals surface area (Å²) in [6.07, 6.45) is -1.72. The number of likely N-dealkylation sites (N-methyl/N-ethyl adjacent to an activating group) is 1. The molecule has 10 nitrogen and oxygen atoms in total. The Balaban J connectivity index is 1.58. The Labute approximate surface area is 260 Å². The van der Waals surface area contributed by atoms with E-state index < -0.39 is 29.3 Å². The van der Waals surface area contributed by atoms with E-state index in [9.17, 15) is 27.2 Å². The summed E-state index contributed by atoms with van der Waals surface area (Å²) in [4.78, 5) is 32.2. The van der Waals surface area contributed by atoms with E-state index in [0.717, 1.165) is 23.1 Å². The van der Waals surface area contributed by atoms with Crippen molar-refractivity contribution in [3.05, 3.63) is 77.9 Å². The molecule has 1 aliphatic rings. The summed E-state index contributed by atoms with van der Waals surface area (Å²) in [7, 11) is 3.98. The van der Waals surface area contributed by atoms with Crippen molar-refractivity contribution in [1.82, 2.24) is 15.2 Å². The lowest BCUT2D eigenvalue weighted by Crippen LogP contribution is -2.41. The predicted molar refractivity (Wildman–Crippen MR) is 159 cm³/mol. The van der Waals surface area contributed by atoms with E-state index in [4.69, 9.17) is 9.47 Å². The lowest BCUT2D eigenvalue weighted by molar-refractivity contribution is -0.137. The number of methoxy groups -OCH3 is 1. The van der Waals surface area contributed by atoms with Crippen LogP contribution in [-0.4, -0.2) is 61.3 Å². The average Bonchev–Trinajstić information content (AvgIpc) is 3.71. The highest BCUT2D eigenvalue weighted by molar-refractivity contribution is 6.00. The molecule has 1 saturated carbocycles. The molecule has 0 atom stereocenters. The van der Waals surface area contributed by atoms with E-state index in [1.54, 1.807) is 0 Å². The number of hydrogen-bond donors (Lipinski definition) is 1. The maximum absolute atomic E-state index is 15.5. The van der Waals surface area contributed by atoms with Crippen LogP contribution in [-0.2, 0) is 22.4 Å². The van der Waals surface area contributed by atoms with Crippen LogP contribution < -0.4 is 24.2 Å². The van der Waals surface area contributed by atoms with Crippen molar-refractivity contribution in [1.29, 1.82) is 0 Å². The van der Waals surface area contributed by atoms with Crippen molar-refractivity contribution < 1.29 is 41.0 Å². The Hall–Kier alpha value is -5.21. The molecule has 1 aromatic heterocycles. The first-order valence-electron chi connectivity index (χ1n) is 14.0. The first-order chi connectivity index (χ1) is 21.9. The summed E-state index contributed by atoms with van der Waals surface area (Å²) >= 11 is 0. The Bertz CT molecular complexity index is 1710. The molecule has 0 radical (unpaired) electrons. The van der Waals surface area contributed by atoms with E-state index in [2.05, 4.69) is 15.2 Å². The van der Waals surface area contributed by atoms with Gasteiger partial charge in [0.1, 0.15) is 18.8 Å². The third-order valence-electron chi connectivity index (χ3n) is 7.36. The number of anilines is 3. The van der Waals surface area contributed by atoms with Gasteiger partial charge in [0, 0.05) is 31.4 Å². The number of ether oxygens (including phenoxy) is 2. The molecule has 0 spiro atoms. The topological polar surface area (TPSA) is 104 Å². The van der Waals surface area contributed by atoms with Gasteiger partial charge >= 0.3 is 6.18 Å². The smallest absolute Gasteiger partial charge is 0.416 e. The number of hydrogen-bond acceptors (Lipinski definition) is 7. The van der Waals surface area contributed by atoms with Crippen molar-refractivity contribution in [3.8, 4) is 22.6 Å². The molecule has 0 aliphatic heterocycles. The van der Waals surface area contributed by atoms with Crippen LogP contribution in [0.3, 0.4) is 0 Å². The molecule has 1 heterocycles. The fourth-order valence-electron chi connectivity index (χ4n) is 5.03. The molecular formula is C31H29F5N6O4. The molecule has 4 aromatic rings. The molecular weight excluding hydrogens is 615 g/mol. The minimum Gasteiger partial charge on any atom is -0.493 e. The molecule has 0 bridgehead atoms. The van der Waals surface area contributed by atoms with Crippen LogP contribution in [0.2, 0.25) is 0 Å². The number of alkyl halides is 3. The Morgan fingerprint density at radius 1 is 1.09 bits per heavy atom. The summed E-state index contributed by atoms with van der Waals surface area (Å²) in [6.45, 7) is -0.589. The van der Waals surface area contributed by atoms with Crippen molar-refractivity contribution in [2.75, 3.05) is 42.4 Å². The van der Waals surface area contributed by atoms with Gasteiger partial charge in [-0.25, -0.2) is 8.78 Å². The SMILES string of the molecule is COc1cc(-c2cc(C(F)(F)F)cc(N(C)CC(=O)N(c3ccc(F)cc3)C3CC3)c2N(C)C=O)cc(F)c1OCc1nnc[nH]1. The fourth-order valence-corrected chi connectivity index (χ4v) is 5.03. The minimum atomic E-state index is -4.84. The van der Waals surface area contributed by atoms with E-state index in [1.807, 2.05) is 0 Å². The number of carbonyl (C=O) groups is 2. The van der Waals surface area contributed by atoms with Gasteiger partial charge in [0.25, 0.3) is 0 Å². The third-order valence-corrected chi connectivity index (χ3v) is 7.36. The van der Waals surface area contributed by atoms with Gasteiger partial charge in [-0.2, -0.15) is 13.2 Å². The number of carbonyl (C=O) groups excluding carboxylic acids is 2. The van der Waals surface area contributed by atoms with E-state index in [0.29, 0.717) is 30.8 Å². The summed E-state index contributed by atoms with van der Waals surface area (Å²) in [5.74, 6) is -2.03. The van der Waals surface area contributed by atoms with Crippen LogP contribution in [0.15, 0.2) is 54.9 Å². The zero-order chi connectivity index (χ0) is 33.2. The normalized spacial score (nSPS) is 12.9. The van der Waals surface area contributed by atoms with Gasteiger partial charge in [-0.15, -0.1) is 10.2 Å². The number of nitrogens with zero attached hydrogens (tertiary/aromatic N) is 5. The first kappa shape index (κ1) is 32.2.